The van der Waals surface area contributed by atoms with Crippen molar-refractivity contribution in [2.45, 2.75) is 45.1 Å². The SMILES string of the molecule is Cc1n[nH]c(=O)c(C(=O)NCC2(O)CCCC2)c1C. The van der Waals surface area contributed by atoms with Crippen LogP contribution in [0.3, 0.4) is 0 Å². The summed E-state index contributed by atoms with van der Waals surface area (Å²) in [6, 6.07) is 0. The predicted molar refractivity (Wildman–Crippen MR) is 70.1 cm³/mol. The lowest BCUT2D eigenvalue weighted by atomic mass is 10.0. The Bertz CT molecular complexity index is 545. The van der Waals surface area contributed by atoms with Crippen molar-refractivity contribution in [2.75, 3.05) is 6.54 Å². The zero-order valence-electron chi connectivity index (χ0n) is 11.2. The molecule has 1 saturated carbocycles. The molecule has 0 aromatic carbocycles. The van der Waals surface area contributed by atoms with Crippen LogP contribution < -0.4 is 10.9 Å². The van der Waals surface area contributed by atoms with Crippen LogP contribution in [0.4, 0.5) is 0 Å². The van der Waals surface area contributed by atoms with Crippen molar-refractivity contribution < 1.29 is 9.90 Å². The summed E-state index contributed by atoms with van der Waals surface area (Å²) in [5, 5.41) is 18.9. The maximum Gasteiger partial charge on any atom is 0.277 e. The third-order valence-corrected chi connectivity index (χ3v) is 3.81. The average molecular weight is 265 g/mol. The van der Waals surface area contributed by atoms with Gasteiger partial charge in [0.1, 0.15) is 5.56 Å². The van der Waals surface area contributed by atoms with Gasteiger partial charge in [0.15, 0.2) is 0 Å². The number of amides is 1. The van der Waals surface area contributed by atoms with Gasteiger partial charge in [0, 0.05) is 6.54 Å². The standard InChI is InChI=1S/C13H19N3O3/c1-8-9(2)15-16-12(18)10(8)11(17)14-7-13(19)5-3-4-6-13/h19H,3-7H2,1-2H3,(H,14,17)(H,16,18). The van der Waals surface area contributed by atoms with Gasteiger partial charge in [-0.05, 0) is 32.3 Å². The van der Waals surface area contributed by atoms with Crippen LogP contribution in [0.1, 0.15) is 47.3 Å². The molecule has 19 heavy (non-hydrogen) atoms. The molecule has 0 radical (unpaired) electrons. The topological polar surface area (TPSA) is 95.1 Å². The number of aromatic nitrogens is 2. The quantitative estimate of drug-likeness (QED) is 0.738. The second-order valence-electron chi connectivity index (χ2n) is 5.25. The summed E-state index contributed by atoms with van der Waals surface area (Å²) in [6.07, 6.45) is 3.33. The lowest BCUT2D eigenvalue weighted by molar-refractivity contribution is 0.0449. The summed E-state index contributed by atoms with van der Waals surface area (Å²) in [6.45, 7) is 3.61. The Kier molecular flexibility index (Phi) is 3.71. The van der Waals surface area contributed by atoms with Gasteiger partial charge in [-0.3, -0.25) is 9.59 Å². The number of hydrogen-bond donors (Lipinski definition) is 3. The highest BCUT2D eigenvalue weighted by atomic mass is 16.3. The molecule has 0 atom stereocenters. The Labute approximate surface area is 111 Å². The summed E-state index contributed by atoms with van der Waals surface area (Å²) < 4.78 is 0. The Hall–Kier alpha value is -1.69. The molecular formula is C13H19N3O3. The van der Waals surface area contributed by atoms with Gasteiger partial charge in [-0.25, -0.2) is 5.10 Å². The Morgan fingerprint density at radius 2 is 2.05 bits per heavy atom. The van der Waals surface area contributed by atoms with Crippen LogP contribution >= 0.6 is 0 Å². The first-order chi connectivity index (χ1) is 8.93. The van der Waals surface area contributed by atoms with E-state index < -0.39 is 17.1 Å². The Morgan fingerprint density at radius 3 is 2.68 bits per heavy atom. The molecule has 3 N–H and O–H groups in total. The van der Waals surface area contributed by atoms with E-state index in [1.54, 1.807) is 13.8 Å². The van der Waals surface area contributed by atoms with Crippen molar-refractivity contribution in [1.29, 1.82) is 0 Å². The fourth-order valence-electron chi connectivity index (χ4n) is 2.44. The van der Waals surface area contributed by atoms with Gasteiger partial charge in [0.2, 0.25) is 0 Å². The number of nitrogens with one attached hydrogen (secondary N) is 2. The molecule has 1 fully saturated rings. The van der Waals surface area contributed by atoms with E-state index in [0.717, 1.165) is 12.8 Å². The number of nitrogens with zero attached hydrogens (tertiary/aromatic N) is 1. The lowest BCUT2D eigenvalue weighted by Crippen LogP contribution is -2.42. The number of aryl methyl sites for hydroxylation is 1. The average Bonchev–Trinajstić information content (AvgIpc) is 2.80. The van der Waals surface area contributed by atoms with Crippen molar-refractivity contribution in [3.63, 3.8) is 0 Å². The summed E-state index contributed by atoms with van der Waals surface area (Å²) >= 11 is 0. The smallest absolute Gasteiger partial charge is 0.277 e. The van der Waals surface area contributed by atoms with Crippen LogP contribution in [0.2, 0.25) is 0 Å². The molecule has 0 bridgehead atoms. The number of carbonyl (C=O) groups excluding carboxylic acids is 1. The third kappa shape index (κ3) is 2.84. The molecule has 0 saturated heterocycles. The summed E-state index contributed by atoms with van der Waals surface area (Å²) in [5.41, 5.74) is -0.0598. The van der Waals surface area contributed by atoms with Gasteiger partial charge in [-0.2, -0.15) is 5.10 Å². The molecule has 6 heteroatoms. The van der Waals surface area contributed by atoms with E-state index in [1.165, 1.54) is 0 Å². The monoisotopic (exact) mass is 265 g/mol. The van der Waals surface area contributed by atoms with Gasteiger partial charge in [-0.1, -0.05) is 12.8 Å². The minimum absolute atomic E-state index is 0.0779. The second kappa shape index (κ2) is 5.13. The van der Waals surface area contributed by atoms with Crippen LogP contribution in [0.5, 0.6) is 0 Å². The number of aromatic amines is 1. The fraction of sp³-hybridized carbons (Fsp3) is 0.615. The van der Waals surface area contributed by atoms with Gasteiger partial charge in [-0.15, -0.1) is 0 Å². The van der Waals surface area contributed by atoms with Crippen molar-refractivity contribution in [2.24, 2.45) is 0 Å². The Balaban J connectivity index is 2.12. The van der Waals surface area contributed by atoms with Gasteiger partial charge in [0.25, 0.3) is 11.5 Å². The van der Waals surface area contributed by atoms with E-state index in [4.69, 9.17) is 0 Å². The minimum Gasteiger partial charge on any atom is -0.388 e. The molecule has 1 aliphatic carbocycles. The normalized spacial score (nSPS) is 17.4. The van der Waals surface area contributed by atoms with Crippen LogP contribution in [0.25, 0.3) is 0 Å². The Morgan fingerprint density at radius 1 is 1.42 bits per heavy atom. The van der Waals surface area contributed by atoms with Crippen LogP contribution in [-0.4, -0.2) is 33.4 Å². The molecular weight excluding hydrogens is 246 g/mol. The molecule has 0 spiro atoms. The molecule has 1 amide bonds. The molecule has 1 aromatic rings. The molecule has 2 rings (SSSR count). The molecule has 0 aliphatic heterocycles. The van der Waals surface area contributed by atoms with Crippen LogP contribution in [0.15, 0.2) is 4.79 Å². The van der Waals surface area contributed by atoms with Crippen molar-refractivity contribution in [3.8, 4) is 0 Å². The minimum atomic E-state index is -0.821. The van der Waals surface area contributed by atoms with Crippen LogP contribution in [-0.2, 0) is 0 Å². The molecule has 1 aromatic heterocycles. The molecule has 0 unspecified atom stereocenters. The van der Waals surface area contributed by atoms with E-state index >= 15 is 0 Å². The van der Waals surface area contributed by atoms with Crippen LogP contribution in [0, 0.1) is 13.8 Å². The molecule has 1 heterocycles. The van der Waals surface area contributed by atoms with E-state index in [1.807, 2.05) is 0 Å². The zero-order chi connectivity index (χ0) is 14.0. The summed E-state index contributed by atoms with van der Waals surface area (Å²) in [5.74, 6) is -0.454. The predicted octanol–water partition coefficient (Wildman–Crippen LogP) is 0.422. The van der Waals surface area contributed by atoms with Gasteiger partial charge >= 0.3 is 0 Å². The number of hydrogen-bond acceptors (Lipinski definition) is 4. The van der Waals surface area contributed by atoms with Crippen molar-refractivity contribution >= 4 is 5.91 Å². The number of aliphatic hydroxyl groups is 1. The molecule has 6 nitrogen and oxygen atoms in total. The number of rotatable bonds is 3. The fourth-order valence-corrected chi connectivity index (χ4v) is 2.44. The number of H-pyrrole nitrogens is 1. The third-order valence-electron chi connectivity index (χ3n) is 3.81. The largest absolute Gasteiger partial charge is 0.388 e. The van der Waals surface area contributed by atoms with E-state index in [2.05, 4.69) is 15.5 Å². The zero-order valence-corrected chi connectivity index (χ0v) is 11.2. The maximum atomic E-state index is 12.1. The van der Waals surface area contributed by atoms with Gasteiger partial charge < -0.3 is 10.4 Å². The van der Waals surface area contributed by atoms with Crippen molar-refractivity contribution in [1.82, 2.24) is 15.5 Å². The van der Waals surface area contributed by atoms with E-state index in [9.17, 15) is 14.7 Å². The first-order valence-electron chi connectivity index (χ1n) is 6.49. The van der Waals surface area contributed by atoms with Crippen molar-refractivity contribution in [3.05, 3.63) is 27.2 Å². The van der Waals surface area contributed by atoms with E-state index in [0.29, 0.717) is 24.1 Å². The molecule has 104 valence electrons. The first kappa shape index (κ1) is 13.7. The first-order valence-corrected chi connectivity index (χ1v) is 6.49. The van der Waals surface area contributed by atoms with Gasteiger partial charge in [0.05, 0.1) is 11.3 Å². The van der Waals surface area contributed by atoms with E-state index in [-0.39, 0.29) is 12.1 Å². The maximum absolute atomic E-state index is 12.1. The lowest BCUT2D eigenvalue weighted by Gasteiger charge is -2.22. The highest BCUT2D eigenvalue weighted by Crippen LogP contribution is 2.28. The summed E-state index contributed by atoms with van der Waals surface area (Å²) in [4.78, 5) is 23.7. The summed E-state index contributed by atoms with van der Waals surface area (Å²) in [7, 11) is 0. The highest BCUT2D eigenvalue weighted by Gasteiger charge is 2.31. The molecule has 1 aliphatic rings. The number of carbonyl (C=O) groups is 1. The second-order valence-corrected chi connectivity index (χ2v) is 5.25. The highest BCUT2D eigenvalue weighted by molar-refractivity contribution is 5.95.